The highest BCUT2D eigenvalue weighted by Crippen LogP contribution is 2.41. The van der Waals surface area contributed by atoms with Gasteiger partial charge in [0.05, 0.1) is 30.6 Å². The second kappa shape index (κ2) is 8.96. The Labute approximate surface area is 196 Å². The Morgan fingerprint density at radius 3 is 2.50 bits per heavy atom. The zero-order valence-electron chi connectivity index (χ0n) is 19.7. The van der Waals surface area contributed by atoms with Crippen LogP contribution in [0.2, 0.25) is 0 Å². The lowest BCUT2D eigenvalue weighted by Crippen LogP contribution is -2.29. The Kier molecular flexibility index (Phi) is 6.20. The molecule has 2 atom stereocenters. The number of carbonyl (C=O) groups is 3. The first kappa shape index (κ1) is 23.5. The van der Waals surface area contributed by atoms with E-state index < -0.39 is 17.4 Å². The molecule has 0 radical (unpaired) electrons. The molecule has 0 spiro atoms. The molecule has 1 saturated heterocycles. The molecule has 180 valence electrons. The number of benzene rings is 1. The van der Waals surface area contributed by atoms with Gasteiger partial charge in [0.1, 0.15) is 11.7 Å². The topological polar surface area (TPSA) is 115 Å². The maximum Gasteiger partial charge on any atom is 0.341 e. The van der Waals surface area contributed by atoms with E-state index >= 15 is 0 Å². The number of rotatable bonds is 5. The van der Waals surface area contributed by atoms with E-state index in [1.54, 1.807) is 6.07 Å². The number of aromatic nitrogens is 1. The van der Waals surface area contributed by atoms with Gasteiger partial charge in [-0.05, 0) is 30.0 Å². The van der Waals surface area contributed by atoms with Crippen LogP contribution in [-0.4, -0.2) is 53.9 Å². The van der Waals surface area contributed by atoms with E-state index in [9.17, 15) is 24.3 Å². The number of anilines is 1. The van der Waals surface area contributed by atoms with Crippen LogP contribution in [0.5, 0.6) is 0 Å². The molecule has 0 bridgehead atoms. The predicted molar refractivity (Wildman–Crippen MR) is 124 cm³/mol. The van der Waals surface area contributed by atoms with Gasteiger partial charge in [-0.1, -0.05) is 13.8 Å². The summed E-state index contributed by atoms with van der Waals surface area (Å²) in [5, 5.41) is 9.46. The van der Waals surface area contributed by atoms with Gasteiger partial charge in [-0.2, -0.15) is 0 Å². The fourth-order valence-corrected chi connectivity index (χ4v) is 4.93. The van der Waals surface area contributed by atoms with Crippen molar-refractivity contribution >= 4 is 23.6 Å². The van der Waals surface area contributed by atoms with E-state index in [4.69, 9.17) is 9.47 Å². The highest BCUT2D eigenvalue weighted by Gasteiger charge is 2.33. The number of nitrogens with zero attached hydrogens (tertiary/aromatic N) is 2. The monoisotopic (exact) mass is 468 g/mol. The normalized spacial score (nSPS) is 18.9. The van der Waals surface area contributed by atoms with Crippen LogP contribution in [0.15, 0.2) is 29.2 Å². The summed E-state index contributed by atoms with van der Waals surface area (Å²) in [4.78, 5) is 50.3. The quantitative estimate of drug-likeness (QED) is 0.666. The number of fused-ring (bicyclic) bond motifs is 3. The molecule has 9 nitrogen and oxygen atoms in total. The fraction of sp³-hybridized carbons (Fsp3) is 0.440. The Bertz CT molecular complexity index is 1230. The number of hydrogen-bond donors (Lipinski definition) is 1. The zero-order valence-corrected chi connectivity index (χ0v) is 19.7. The van der Waals surface area contributed by atoms with Gasteiger partial charge in [0, 0.05) is 43.8 Å². The number of methoxy groups -OCH3 is 1. The van der Waals surface area contributed by atoms with Gasteiger partial charge in [-0.15, -0.1) is 0 Å². The summed E-state index contributed by atoms with van der Waals surface area (Å²) in [5.74, 6) is -1.96. The average Bonchev–Trinajstić information content (AvgIpc) is 3.23. The first-order chi connectivity index (χ1) is 16.1. The van der Waals surface area contributed by atoms with Crippen molar-refractivity contribution in [1.82, 2.24) is 4.57 Å². The smallest absolute Gasteiger partial charge is 0.341 e. The van der Waals surface area contributed by atoms with Gasteiger partial charge >= 0.3 is 17.9 Å². The minimum atomic E-state index is -1.27. The molecule has 9 heteroatoms. The number of carbonyl (C=O) groups excluding carboxylic acids is 2. The first-order valence-corrected chi connectivity index (χ1v) is 11.3. The van der Waals surface area contributed by atoms with Crippen molar-refractivity contribution in [1.29, 1.82) is 0 Å². The molecule has 0 saturated carbocycles. The van der Waals surface area contributed by atoms with E-state index in [0.29, 0.717) is 48.4 Å². The summed E-state index contributed by atoms with van der Waals surface area (Å²) in [6.07, 6.45) is 2.42. The first-order valence-electron chi connectivity index (χ1n) is 11.3. The largest absolute Gasteiger partial charge is 0.477 e. The third-order valence-corrected chi connectivity index (χ3v) is 6.59. The molecule has 2 aliphatic rings. The number of hydrogen-bond acceptors (Lipinski definition) is 7. The Morgan fingerprint density at radius 1 is 1.15 bits per heavy atom. The second-order valence-electron chi connectivity index (χ2n) is 9.15. The van der Waals surface area contributed by atoms with Crippen molar-refractivity contribution in [3.63, 3.8) is 0 Å². The molecular weight excluding hydrogens is 440 g/mol. The van der Waals surface area contributed by atoms with E-state index in [0.717, 1.165) is 5.56 Å². The number of ether oxygens (including phenoxy) is 2. The lowest BCUT2D eigenvalue weighted by molar-refractivity contribution is -0.145. The van der Waals surface area contributed by atoms with Gasteiger partial charge in [0.15, 0.2) is 5.43 Å². The summed E-state index contributed by atoms with van der Waals surface area (Å²) in [7, 11) is 1.31. The van der Waals surface area contributed by atoms with E-state index in [-0.39, 0.29) is 29.6 Å². The van der Waals surface area contributed by atoms with Crippen LogP contribution < -0.4 is 10.3 Å². The fourth-order valence-electron chi connectivity index (χ4n) is 4.93. The highest BCUT2D eigenvalue weighted by molar-refractivity contribution is 5.98. The molecule has 1 aromatic carbocycles. The lowest BCUT2D eigenvalue weighted by atomic mass is 9.86. The Morgan fingerprint density at radius 2 is 1.88 bits per heavy atom. The molecule has 1 aromatic heterocycles. The van der Waals surface area contributed by atoms with Gasteiger partial charge in [0.25, 0.3) is 0 Å². The molecule has 0 aliphatic carbocycles. The van der Waals surface area contributed by atoms with Crippen molar-refractivity contribution in [2.45, 2.75) is 45.8 Å². The number of aromatic carboxylic acids is 1. The summed E-state index contributed by atoms with van der Waals surface area (Å²) in [6, 6.07) is 4.94. The maximum atomic E-state index is 12.8. The molecule has 3 heterocycles. The van der Waals surface area contributed by atoms with Crippen molar-refractivity contribution in [3.05, 3.63) is 51.3 Å². The average molecular weight is 469 g/mol. The van der Waals surface area contributed by atoms with Crippen LogP contribution in [-0.2, 0) is 20.7 Å². The molecule has 1 unspecified atom stereocenters. The van der Waals surface area contributed by atoms with Gasteiger partial charge < -0.3 is 24.0 Å². The maximum absolute atomic E-state index is 12.8. The van der Waals surface area contributed by atoms with Crippen LogP contribution in [0.3, 0.4) is 0 Å². The lowest BCUT2D eigenvalue weighted by Gasteiger charge is -2.34. The van der Waals surface area contributed by atoms with Crippen LogP contribution in [0.4, 0.5) is 5.69 Å². The summed E-state index contributed by atoms with van der Waals surface area (Å²) in [6.45, 7) is 6.56. The molecule has 0 amide bonds. The number of esters is 2. The molecule has 2 aliphatic heterocycles. The summed E-state index contributed by atoms with van der Waals surface area (Å²) < 4.78 is 12.2. The number of carboxylic acid groups (broad SMARTS) is 1. The highest BCUT2D eigenvalue weighted by atomic mass is 16.5. The minimum Gasteiger partial charge on any atom is -0.477 e. The zero-order chi connectivity index (χ0) is 24.7. The third kappa shape index (κ3) is 4.18. The van der Waals surface area contributed by atoms with Crippen LogP contribution in [0, 0.1) is 5.92 Å². The van der Waals surface area contributed by atoms with Crippen molar-refractivity contribution < 1.29 is 29.0 Å². The molecule has 34 heavy (non-hydrogen) atoms. The van der Waals surface area contributed by atoms with Gasteiger partial charge in [-0.3, -0.25) is 9.59 Å². The van der Waals surface area contributed by atoms with E-state index in [1.165, 1.54) is 26.3 Å². The third-order valence-electron chi connectivity index (χ3n) is 6.59. The molecule has 4 rings (SSSR count). The van der Waals surface area contributed by atoms with Crippen LogP contribution in [0.25, 0.3) is 11.3 Å². The van der Waals surface area contributed by atoms with Crippen molar-refractivity contribution in [2.75, 3.05) is 25.1 Å². The molecule has 1 fully saturated rings. The summed E-state index contributed by atoms with van der Waals surface area (Å²) >= 11 is 0. The SMILES string of the molecule is COC(=O)c1cc2c(cc1N1CC[C@H](OC(C)=O)C1)CC(C(C)C)n1cc(C(=O)O)c(=O)cc1-2. The van der Waals surface area contributed by atoms with Gasteiger partial charge in [0.2, 0.25) is 0 Å². The predicted octanol–water partition coefficient (Wildman–Crippen LogP) is 2.90. The summed E-state index contributed by atoms with van der Waals surface area (Å²) in [5.41, 5.74) is 2.41. The molecular formula is C25H28N2O7. The van der Waals surface area contributed by atoms with E-state index in [1.807, 2.05) is 29.4 Å². The van der Waals surface area contributed by atoms with Crippen LogP contribution in [0.1, 0.15) is 59.5 Å². The van der Waals surface area contributed by atoms with Crippen LogP contribution >= 0.6 is 0 Å². The van der Waals surface area contributed by atoms with Crippen molar-refractivity contribution in [2.24, 2.45) is 5.92 Å². The van der Waals surface area contributed by atoms with E-state index in [2.05, 4.69) is 0 Å². The minimum absolute atomic E-state index is 0.0644. The molecule has 1 N–H and O–H groups in total. The Balaban J connectivity index is 1.87. The Hall–Kier alpha value is -3.62. The number of pyridine rings is 1. The molecule has 2 aromatic rings. The number of carboxylic acids is 1. The standard InChI is InChI=1S/C25H28N2O7/c1-13(2)20-7-15-8-21(26-6-5-16(11-26)34-14(3)28)18(25(32)33-4)9-17(15)22-10-23(29)19(24(30)31)12-27(20)22/h8-10,12-13,16,20H,5-7,11H2,1-4H3,(H,30,31)/t16-,20?/m0/s1. The van der Waals surface area contributed by atoms with Gasteiger partial charge in [-0.25, -0.2) is 9.59 Å². The van der Waals surface area contributed by atoms with Crippen molar-refractivity contribution in [3.8, 4) is 11.3 Å². The second-order valence-corrected chi connectivity index (χ2v) is 9.15.